The highest BCUT2D eigenvalue weighted by molar-refractivity contribution is 9.10. The van der Waals surface area contributed by atoms with Gasteiger partial charge in [0.25, 0.3) is 17.5 Å². The number of rotatable bonds is 7. The van der Waals surface area contributed by atoms with E-state index in [9.17, 15) is 19.7 Å². The van der Waals surface area contributed by atoms with Gasteiger partial charge in [-0.3, -0.25) is 19.7 Å². The molecule has 0 spiro atoms. The van der Waals surface area contributed by atoms with Crippen LogP contribution < -0.4 is 10.6 Å². The quantitative estimate of drug-likeness (QED) is 0.263. The third-order valence-electron chi connectivity index (χ3n) is 5.09. The van der Waals surface area contributed by atoms with Gasteiger partial charge in [0, 0.05) is 32.2 Å². The van der Waals surface area contributed by atoms with Crippen LogP contribution in [0.4, 0.5) is 5.69 Å². The van der Waals surface area contributed by atoms with Crippen molar-refractivity contribution in [3.05, 3.63) is 108 Å². The van der Waals surface area contributed by atoms with Crippen molar-refractivity contribution < 1.29 is 14.5 Å². The van der Waals surface area contributed by atoms with Gasteiger partial charge in [-0.15, -0.1) is 0 Å². The lowest BCUT2D eigenvalue weighted by Crippen LogP contribution is -2.29. The Hall–Kier alpha value is -3.04. The summed E-state index contributed by atoms with van der Waals surface area (Å²) in [7, 11) is 0. The maximum Gasteiger partial charge on any atom is 0.271 e. The summed E-state index contributed by atoms with van der Waals surface area (Å²) in [6.07, 6.45) is 0. The minimum Gasteiger partial charge on any atom is -0.346 e. The molecule has 0 heterocycles. The summed E-state index contributed by atoms with van der Waals surface area (Å²) in [5.74, 6) is -1.02. The number of hydrogen-bond donors (Lipinski definition) is 2. The second-order valence-electron chi connectivity index (χ2n) is 7.52. The van der Waals surface area contributed by atoms with Gasteiger partial charge in [0.15, 0.2) is 0 Å². The van der Waals surface area contributed by atoms with Gasteiger partial charge in [0.05, 0.1) is 17.0 Å². The number of amides is 2. The Morgan fingerprint density at radius 3 is 1.45 bits per heavy atom. The van der Waals surface area contributed by atoms with Crippen LogP contribution in [0.2, 0.25) is 0 Å². The smallest absolute Gasteiger partial charge is 0.271 e. The first-order chi connectivity index (χ1) is 15.6. The monoisotopic (exact) mass is 573 g/mol. The maximum absolute atomic E-state index is 12.8. The first kappa shape index (κ1) is 24.6. The van der Waals surface area contributed by atoms with E-state index in [2.05, 4.69) is 42.5 Å². The summed E-state index contributed by atoms with van der Waals surface area (Å²) >= 11 is 6.74. The van der Waals surface area contributed by atoms with Crippen LogP contribution in [-0.2, 0) is 0 Å². The molecule has 0 aliphatic rings. The molecule has 2 atom stereocenters. The fraction of sp³-hybridized carbons (Fsp3) is 0.167. The lowest BCUT2D eigenvalue weighted by atomic mass is 10.0. The molecule has 0 radical (unpaired) electrons. The molecule has 0 aliphatic heterocycles. The Labute approximate surface area is 208 Å². The van der Waals surface area contributed by atoms with Gasteiger partial charge in [0.2, 0.25) is 0 Å². The van der Waals surface area contributed by atoms with Gasteiger partial charge in [-0.2, -0.15) is 0 Å². The van der Waals surface area contributed by atoms with Crippen LogP contribution in [0.5, 0.6) is 0 Å². The highest BCUT2D eigenvalue weighted by atomic mass is 79.9. The first-order valence-electron chi connectivity index (χ1n) is 10.1. The van der Waals surface area contributed by atoms with Crippen molar-refractivity contribution in [3.8, 4) is 0 Å². The van der Waals surface area contributed by atoms with Crippen molar-refractivity contribution in [1.29, 1.82) is 0 Å². The predicted octanol–water partition coefficient (Wildman–Crippen LogP) is 6.10. The zero-order valence-electron chi connectivity index (χ0n) is 17.8. The molecule has 3 rings (SSSR count). The zero-order valence-corrected chi connectivity index (χ0v) is 21.0. The van der Waals surface area contributed by atoms with Gasteiger partial charge in [-0.1, -0.05) is 56.1 Å². The molecule has 0 aromatic heterocycles. The molecule has 0 aliphatic carbocycles. The Kier molecular flexibility index (Phi) is 7.99. The molecule has 3 aromatic rings. The van der Waals surface area contributed by atoms with Gasteiger partial charge >= 0.3 is 0 Å². The molecular weight excluding hydrogens is 554 g/mol. The third-order valence-corrected chi connectivity index (χ3v) is 6.15. The zero-order chi connectivity index (χ0) is 24.1. The van der Waals surface area contributed by atoms with Gasteiger partial charge in [0.1, 0.15) is 0 Å². The minimum atomic E-state index is -0.621. The van der Waals surface area contributed by atoms with E-state index in [1.54, 1.807) is 0 Å². The predicted molar refractivity (Wildman–Crippen MR) is 133 cm³/mol. The molecule has 33 heavy (non-hydrogen) atoms. The van der Waals surface area contributed by atoms with Gasteiger partial charge < -0.3 is 10.6 Å². The van der Waals surface area contributed by atoms with E-state index in [0.717, 1.165) is 20.1 Å². The number of nitro benzene ring substituents is 1. The summed E-state index contributed by atoms with van der Waals surface area (Å²) in [5.41, 5.74) is 1.49. The Morgan fingerprint density at radius 1 is 0.758 bits per heavy atom. The van der Waals surface area contributed by atoms with Gasteiger partial charge in [-0.05, 0) is 55.3 Å². The standard InChI is InChI=1S/C24H21Br2N3O4/c1-14(16-3-7-20(25)8-4-16)27-23(30)18-11-19(13-22(12-18)29(32)33)24(31)28-15(2)17-5-9-21(26)10-6-17/h3-15H,1-2H3,(H,27,30)(H,28,31)/t14-,15-/m0/s1. The molecule has 2 N–H and O–H groups in total. The van der Waals surface area contributed by atoms with Crippen LogP contribution in [0.3, 0.4) is 0 Å². The van der Waals surface area contributed by atoms with E-state index in [1.807, 2.05) is 62.4 Å². The SMILES string of the molecule is C[C@H](NC(=O)c1cc(C(=O)N[C@@H](C)c2ccc(Br)cc2)cc([N+](=O)[O-])c1)c1ccc(Br)cc1. The molecule has 9 heteroatoms. The molecule has 7 nitrogen and oxygen atoms in total. The van der Waals surface area contributed by atoms with Crippen molar-refractivity contribution in [1.82, 2.24) is 10.6 Å². The number of non-ortho nitro benzene ring substituents is 1. The number of nitrogens with zero attached hydrogens (tertiary/aromatic N) is 1. The normalized spacial score (nSPS) is 12.5. The van der Waals surface area contributed by atoms with Crippen molar-refractivity contribution in [2.24, 2.45) is 0 Å². The van der Waals surface area contributed by atoms with Crippen LogP contribution in [-0.4, -0.2) is 16.7 Å². The third kappa shape index (κ3) is 6.49. The molecule has 0 bridgehead atoms. The van der Waals surface area contributed by atoms with E-state index >= 15 is 0 Å². The summed E-state index contributed by atoms with van der Waals surface area (Å²) in [4.78, 5) is 36.5. The second kappa shape index (κ2) is 10.7. The van der Waals surface area contributed by atoms with Crippen molar-refractivity contribution in [2.45, 2.75) is 25.9 Å². The molecule has 0 fully saturated rings. The number of benzene rings is 3. The van der Waals surface area contributed by atoms with Crippen LogP contribution in [0.25, 0.3) is 0 Å². The highest BCUT2D eigenvalue weighted by Gasteiger charge is 2.20. The van der Waals surface area contributed by atoms with E-state index < -0.39 is 16.7 Å². The van der Waals surface area contributed by atoms with Crippen LogP contribution in [0, 0.1) is 10.1 Å². The maximum atomic E-state index is 12.8. The summed E-state index contributed by atoms with van der Waals surface area (Å²) < 4.78 is 1.83. The fourth-order valence-electron chi connectivity index (χ4n) is 3.21. The minimum absolute atomic E-state index is 0.0367. The lowest BCUT2D eigenvalue weighted by molar-refractivity contribution is -0.384. The summed E-state index contributed by atoms with van der Waals surface area (Å²) in [6, 6.07) is 17.9. The number of nitro groups is 1. The van der Waals surface area contributed by atoms with Crippen molar-refractivity contribution in [3.63, 3.8) is 0 Å². The van der Waals surface area contributed by atoms with E-state index in [1.165, 1.54) is 18.2 Å². The number of carbonyl (C=O) groups excluding carboxylic acids is 2. The van der Waals surface area contributed by atoms with Crippen LogP contribution in [0.1, 0.15) is 57.8 Å². The summed E-state index contributed by atoms with van der Waals surface area (Å²) in [6.45, 7) is 3.62. The van der Waals surface area contributed by atoms with Gasteiger partial charge in [-0.25, -0.2) is 0 Å². The molecule has 0 saturated carbocycles. The van der Waals surface area contributed by atoms with Crippen molar-refractivity contribution in [2.75, 3.05) is 0 Å². The molecule has 0 saturated heterocycles. The number of carbonyl (C=O) groups is 2. The average Bonchev–Trinajstić information content (AvgIpc) is 2.79. The summed E-state index contributed by atoms with van der Waals surface area (Å²) in [5, 5.41) is 17.1. The average molecular weight is 575 g/mol. The number of halogens is 2. The molecule has 170 valence electrons. The first-order valence-corrected chi connectivity index (χ1v) is 11.6. The Bertz CT molecular complexity index is 1100. The fourth-order valence-corrected chi connectivity index (χ4v) is 3.74. The molecule has 3 aromatic carbocycles. The molecule has 0 unspecified atom stereocenters. The van der Waals surface area contributed by atoms with Crippen molar-refractivity contribution >= 4 is 49.4 Å². The van der Waals surface area contributed by atoms with Crippen LogP contribution >= 0.6 is 31.9 Å². The second-order valence-corrected chi connectivity index (χ2v) is 9.35. The Balaban J connectivity index is 1.81. The van der Waals surface area contributed by atoms with Crippen LogP contribution in [0.15, 0.2) is 75.7 Å². The lowest BCUT2D eigenvalue weighted by Gasteiger charge is -2.16. The molecule has 2 amide bonds. The Morgan fingerprint density at radius 2 is 1.12 bits per heavy atom. The van der Waals surface area contributed by atoms with E-state index in [-0.39, 0.29) is 28.9 Å². The number of nitrogens with one attached hydrogen (secondary N) is 2. The topological polar surface area (TPSA) is 101 Å². The number of hydrogen-bond acceptors (Lipinski definition) is 4. The molecular formula is C24H21Br2N3O4. The van der Waals surface area contributed by atoms with E-state index in [0.29, 0.717) is 0 Å². The highest BCUT2D eigenvalue weighted by Crippen LogP contribution is 2.22. The van der Waals surface area contributed by atoms with E-state index in [4.69, 9.17) is 0 Å². The largest absolute Gasteiger partial charge is 0.346 e.